The van der Waals surface area contributed by atoms with Gasteiger partial charge in [0, 0.05) is 36.9 Å². The molecule has 2 heterocycles. The first-order valence-electron chi connectivity index (χ1n) is 9.45. The smallest absolute Gasteiger partial charge is 0.318 e. The van der Waals surface area contributed by atoms with Crippen LogP contribution in [0.3, 0.4) is 0 Å². The quantitative estimate of drug-likeness (QED) is 0.856. The van der Waals surface area contributed by atoms with Gasteiger partial charge in [-0.25, -0.2) is 4.79 Å². The molecule has 2 fully saturated rings. The maximum absolute atomic E-state index is 12.9. The average molecular weight is 386 g/mol. The molecule has 1 saturated heterocycles. The van der Waals surface area contributed by atoms with Gasteiger partial charge in [-0.1, -0.05) is 23.7 Å². The zero-order chi connectivity index (χ0) is 18.8. The minimum atomic E-state index is 0.0242. The van der Waals surface area contributed by atoms with Crippen molar-refractivity contribution < 1.29 is 4.79 Å². The lowest BCUT2D eigenvalue weighted by molar-refractivity contribution is 0.174. The van der Waals surface area contributed by atoms with Gasteiger partial charge < -0.3 is 15.1 Å². The van der Waals surface area contributed by atoms with Crippen LogP contribution < -0.4 is 10.2 Å². The number of nitrogens with one attached hydrogen (secondary N) is 1. The standard InChI is InChI=1S/C20H24ClN5O/c1-14-11-15(4-7-18(14)21)12-22-20(27)26(16-5-6-16)17-8-10-25(13-17)19-3-2-9-23-24-19/h2-4,7,9,11,16-17H,5-6,8,10,12-13H2,1H3,(H,22,27)/t17-/m0/s1. The Bertz CT molecular complexity index is 811. The van der Waals surface area contributed by atoms with Crippen LogP contribution in [-0.4, -0.2) is 46.3 Å². The van der Waals surface area contributed by atoms with E-state index in [1.807, 2.05) is 37.3 Å². The van der Waals surface area contributed by atoms with Crippen LogP contribution in [0.4, 0.5) is 10.6 Å². The van der Waals surface area contributed by atoms with Crippen molar-refractivity contribution in [3.05, 3.63) is 52.7 Å². The van der Waals surface area contributed by atoms with Crippen molar-refractivity contribution in [2.45, 2.75) is 44.8 Å². The number of carbonyl (C=O) groups is 1. The fraction of sp³-hybridized carbons (Fsp3) is 0.450. The molecule has 1 aromatic heterocycles. The highest BCUT2D eigenvalue weighted by molar-refractivity contribution is 6.31. The molecule has 1 aromatic carbocycles. The summed E-state index contributed by atoms with van der Waals surface area (Å²) in [5.74, 6) is 0.882. The van der Waals surface area contributed by atoms with E-state index in [1.165, 1.54) is 0 Å². The van der Waals surface area contributed by atoms with E-state index in [1.54, 1.807) is 6.20 Å². The van der Waals surface area contributed by atoms with Gasteiger partial charge in [0.05, 0.1) is 6.04 Å². The number of nitrogens with zero attached hydrogens (tertiary/aromatic N) is 4. The Morgan fingerprint density at radius 3 is 2.85 bits per heavy atom. The first-order chi connectivity index (χ1) is 13.1. The molecule has 1 saturated carbocycles. The predicted molar refractivity (Wildman–Crippen MR) is 106 cm³/mol. The van der Waals surface area contributed by atoms with E-state index in [0.717, 1.165) is 54.3 Å². The predicted octanol–water partition coefficient (Wildman–Crippen LogP) is 3.39. The first-order valence-corrected chi connectivity index (χ1v) is 9.83. The summed E-state index contributed by atoms with van der Waals surface area (Å²) >= 11 is 6.08. The Morgan fingerprint density at radius 1 is 1.30 bits per heavy atom. The van der Waals surface area contributed by atoms with Crippen LogP contribution in [0.5, 0.6) is 0 Å². The molecule has 2 aliphatic rings. The molecule has 1 aliphatic heterocycles. The van der Waals surface area contributed by atoms with E-state index in [-0.39, 0.29) is 12.1 Å². The summed E-state index contributed by atoms with van der Waals surface area (Å²) in [6.07, 6.45) is 4.82. The highest BCUT2D eigenvalue weighted by Gasteiger charge is 2.40. The molecule has 142 valence electrons. The number of benzene rings is 1. The van der Waals surface area contributed by atoms with E-state index < -0.39 is 0 Å². The number of halogens is 1. The second-order valence-electron chi connectivity index (χ2n) is 7.35. The Balaban J connectivity index is 1.39. The number of amides is 2. The van der Waals surface area contributed by atoms with Crippen molar-refractivity contribution >= 4 is 23.4 Å². The summed E-state index contributed by atoms with van der Waals surface area (Å²) in [5, 5.41) is 12.0. The molecule has 0 unspecified atom stereocenters. The number of hydrogen-bond donors (Lipinski definition) is 1. The van der Waals surface area contributed by atoms with Crippen molar-refractivity contribution in [2.24, 2.45) is 0 Å². The van der Waals surface area contributed by atoms with Gasteiger partial charge in [-0.2, -0.15) is 5.10 Å². The topological polar surface area (TPSA) is 61.4 Å². The molecule has 0 bridgehead atoms. The average Bonchev–Trinajstić information content (AvgIpc) is 3.39. The molecule has 27 heavy (non-hydrogen) atoms. The van der Waals surface area contributed by atoms with Crippen molar-refractivity contribution in [3.8, 4) is 0 Å². The highest BCUT2D eigenvalue weighted by atomic mass is 35.5. The summed E-state index contributed by atoms with van der Waals surface area (Å²) in [6.45, 7) is 4.20. The van der Waals surface area contributed by atoms with Gasteiger partial charge in [-0.3, -0.25) is 0 Å². The molecule has 0 radical (unpaired) electrons. The van der Waals surface area contributed by atoms with Crippen molar-refractivity contribution in [2.75, 3.05) is 18.0 Å². The van der Waals surface area contributed by atoms with E-state index in [9.17, 15) is 4.79 Å². The van der Waals surface area contributed by atoms with E-state index in [4.69, 9.17) is 11.6 Å². The summed E-state index contributed by atoms with van der Waals surface area (Å²) in [4.78, 5) is 17.2. The summed E-state index contributed by atoms with van der Waals surface area (Å²) in [6, 6.07) is 10.3. The lowest BCUT2D eigenvalue weighted by Crippen LogP contribution is -2.48. The van der Waals surface area contributed by atoms with E-state index >= 15 is 0 Å². The van der Waals surface area contributed by atoms with Gasteiger partial charge in [-0.05, 0) is 55.5 Å². The number of rotatable bonds is 5. The molecule has 2 aromatic rings. The second-order valence-corrected chi connectivity index (χ2v) is 7.76. The summed E-state index contributed by atoms with van der Waals surface area (Å²) in [5.41, 5.74) is 2.09. The first kappa shape index (κ1) is 18.0. The molecular weight excluding hydrogens is 362 g/mol. The Labute approximate surface area is 164 Å². The summed E-state index contributed by atoms with van der Waals surface area (Å²) < 4.78 is 0. The zero-order valence-corrected chi connectivity index (χ0v) is 16.2. The summed E-state index contributed by atoms with van der Waals surface area (Å²) in [7, 11) is 0. The van der Waals surface area contributed by atoms with Crippen LogP contribution in [-0.2, 0) is 6.54 Å². The van der Waals surface area contributed by atoms with Crippen LogP contribution in [0.1, 0.15) is 30.4 Å². The lowest BCUT2D eigenvalue weighted by Gasteiger charge is -2.29. The van der Waals surface area contributed by atoms with Gasteiger partial charge in [0.15, 0.2) is 5.82 Å². The third kappa shape index (κ3) is 4.16. The van der Waals surface area contributed by atoms with Crippen LogP contribution in [0, 0.1) is 6.92 Å². The second kappa shape index (κ2) is 7.72. The number of aromatic nitrogens is 2. The zero-order valence-electron chi connectivity index (χ0n) is 15.4. The number of aryl methyl sites for hydroxylation is 1. The largest absolute Gasteiger partial charge is 0.353 e. The van der Waals surface area contributed by atoms with E-state index in [2.05, 4.69) is 25.3 Å². The normalized spacial score (nSPS) is 19.2. The highest BCUT2D eigenvalue weighted by Crippen LogP contribution is 2.32. The Morgan fingerprint density at radius 2 is 2.15 bits per heavy atom. The molecule has 0 spiro atoms. The van der Waals surface area contributed by atoms with Crippen LogP contribution in [0.15, 0.2) is 36.5 Å². The fourth-order valence-corrected chi connectivity index (χ4v) is 3.82. The maximum atomic E-state index is 12.9. The lowest BCUT2D eigenvalue weighted by atomic mass is 10.1. The third-order valence-corrected chi connectivity index (χ3v) is 5.70. The minimum Gasteiger partial charge on any atom is -0.353 e. The van der Waals surface area contributed by atoms with Crippen molar-refractivity contribution in [1.29, 1.82) is 0 Å². The molecular formula is C20H24ClN5O. The van der Waals surface area contributed by atoms with Crippen molar-refractivity contribution in [3.63, 3.8) is 0 Å². The molecule has 1 aliphatic carbocycles. The third-order valence-electron chi connectivity index (χ3n) is 5.28. The fourth-order valence-electron chi connectivity index (χ4n) is 3.71. The van der Waals surface area contributed by atoms with Gasteiger partial charge in [-0.15, -0.1) is 5.10 Å². The van der Waals surface area contributed by atoms with Gasteiger partial charge >= 0.3 is 6.03 Å². The maximum Gasteiger partial charge on any atom is 0.318 e. The van der Waals surface area contributed by atoms with Gasteiger partial charge in [0.25, 0.3) is 0 Å². The van der Waals surface area contributed by atoms with Crippen LogP contribution in [0.2, 0.25) is 5.02 Å². The van der Waals surface area contributed by atoms with Gasteiger partial charge in [0.2, 0.25) is 0 Å². The Kier molecular flexibility index (Phi) is 5.16. The number of hydrogen-bond acceptors (Lipinski definition) is 4. The monoisotopic (exact) mass is 385 g/mol. The van der Waals surface area contributed by atoms with E-state index in [0.29, 0.717) is 12.6 Å². The van der Waals surface area contributed by atoms with Crippen LogP contribution in [0.25, 0.3) is 0 Å². The van der Waals surface area contributed by atoms with Gasteiger partial charge in [0.1, 0.15) is 0 Å². The van der Waals surface area contributed by atoms with Crippen molar-refractivity contribution in [1.82, 2.24) is 20.4 Å². The molecule has 4 rings (SSSR count). The molecule has 2 amide bonds. The molecule has 7 heteroatoms. The Hall–Kier alpha value is -2.34. The number of urea groups is 1. The SMILES string of the molecule is Cc1cc(CNC(=O)N(C2CC2)[C@H]2CCN(c3cccnn3)C2)ccc1Cl. The number of carbonyl (C=O) groups excluding carboxylic acids is 1. The number of anilines is 1. The minimum absolute atomic E-state index is 0.0242. The molecule has 1 atom stereocenters. The van der Waals surface area contributed by atoms with Crippen LogP contribution >= 0.6 is 11.6 Å². The molecule has 1 N–H and O–H groups in total. The molecule has 6 nitrogen and oxygen atoms in total.